The zero-order valence-electron chi connectivity index (χ0n) is 15.8. The Bertz CT molecular complexity index is 94.7. The Hall–Kier alpha value is -0.0800. The van der Waals surface area contributed by atoms with Gasteiger partial charge in [-0.25, -0.2) is 0 Å². The average molecular weight is 277 g/mol. The number of rotatable bonds is 3. The molecule has 1 heterocycles. The van der Waals surface area contributed by atoms with Crippen molar-refractivity contribution in [3.63, 3.8) is 0 Å². The van der Waals surface area contributed by atoms with Crippen molar-refractivity contribution in [1.82, 2.24) is 9.80 Å². The summed E-state index contributed by atoms with van der Waals surface area (Å²) in [4.78, 5) is 4.98. The Labute approximate surface area is 125 Å². The Morgan fingerprint density at radius 3 is 1.37 bits per heavy atom. The monoisotopic (exact) mass is 276 g/mol. The summed E-state index contributed by atoms with van der Waals surface area (Å²) in [6, 6.07) is 0. The molecule has 1 aliphatic rings. The summed E-state index contributed by atoms with van der Waals surface area (Å²) in [7, 11) is 2.21. The van der Waals surface area contributed by atoms with E-state index in [1.165, 1.54) is 45.6 Å². The van der Waals surface area contributed by atoms with Crippen LogP contribution in [-0.4, -0.2) is 49.6 Å². The average Bonchev–Trinajstić information content (AvgIpc) is 2.54. The number of nitrogens with zero attached hydrogens (tertiary/aromatic N) is 2. The van der Waals surface area contributed by atoms with Gasteiger partial charge in [0, 0.05) is 26.2 Å². The minimum Gasteiger partial charge on any atom is -0.304 e. The summed E-state index contributed by atoms with van der Waals surface area (Å²) in [6.45, 7) is 24.6. The molecule has 0 aliphatic carbocycles. The normalized spacial score (nSPS) is 14.2. The lowest BCUT2D eigenvalue weighted by atomic mass is 10.3. The van der Waals surface area contributed by atoms with Crippen molar-refractivity contribution in [1.29, 1.82) is 0 Å². The summed E-state index contributed by atoms with van der Waals surface area (Å²) < 4.78 is 0. The van der Waals surface area contributed by atoms with Gasteiger partial charge < -0.3 is 9.80 Å². The van der Waals surface area contributed by atoms with Crippen LogP contribution >= 0.6 is 0 Å². The fourth-order valence-electron chi connectivity index (χ4n) is 1.45. The van der Waals surface area contributed by atoms with E-state index in [9.17, 15) is 0 Å². The molecule has 0 saturated carbocycles. The highest BCUT2D eigenvalue weighted by atomic mass is 15.2. The largest absolute Gasteiger partial charge is 0.304 e. The Kier molecular flexibility index (Phi) is 44.1. The first-order valence-electron chi connectivity index (χ1n) is 8.74. The fraction of sp³-hybridized carbons (Fsp3) is 1.00. The van der Waals surface area contributed by atoms with E-state index < -0.39 is 0 Å². The molecule has 0 N–H and O–H groups in total. The highest BCUT2D eigenvalue weighted by molar-refractivity contribution is 4.68. The number of unbranched alkanes of at least 4 members (excludes halogenated alkanes) is 1. The van der Waals surface area contributed by atoms with Crippen LogP contribution in [0.15, 0.2) is 0 Å². The molecule has 0 atom stereocenters. The van der Waals surface area contributed by atoms with Gasteiger partial charge in [0.25, 0.3) is 0 Å². The Morgan fingerprint density at radius 2 is 1.05 bits per heavy atom. The highest BCUT2D eigenvalue weighted by Crippen LogP contribution is 2.00. The molecule has 0 aromatic carbocycles. The molecule has 0 aromatic rings. The molecule has 0 radical (unpaired) electrons. The highest BCUT2D eigenvalue weighted by Gasteiger charge is 2.11. The van der Waals surface area contributed by atoms with Gasteiger partial charge in [0.1, 0.15) is 0 Å². The Morgan fingerprint density at radius 1 is 0.684 bits per heavy atom. The lowest BCUT2D eigenvalue weighted by Gasteiger charge is -2.32. The number of likely N-dealkylation sites (N-methyl/N-ethyl adjacent to an activating group) is 1. The van der Waals surface area contributed by atoms with Crippen LogP contribution < -0.4 is 0 Å². The van der Waals surface area contributed by atoms with E-state index in [1.54, 1.807) is 0 Å². The summed E-state index contributed by atoms with van der Waals surface area (Å²) in [5.41, 5.74) is 0. The van der Waals surface area contributed by atoms with Crippen molar-refractivity contribution in [3.8, 4) is 0 Å². The first kappa shape index (κ1) is 27.3. The predicted molar refractivity (Wildman–Crippen MR) is 94.2 cm³/mol. The molecule has 1 aliphatic heterocycles. The summed E-state index contributed by atoms with van der Waals surface area (Å²) >= 11 is 0. The van der Waals surface area contributed by atoms with Crippen molar-refractivity contribution >= 4 is 0 Å². The second kappa shape index (κ2) is 30.7. The maximum Gasteiger partial charge on any atom is 0.0110 e. The fourth-order valence-corrected chi connectivity index (χ4v) is 1.45. The third kappa shape index (κ3) is 23.4. The van der Waals surface area contributed by atoms with Crippen LogP contribution in [0.25, 0.3) is 0 Å². The van der Waals surface area contributed by atoms with Crippen LogP contribution in [0.3, 0.4) is 0 Å². The second-order valence-corrected chi connectivity index (χ2v) is 3.50. The zero-order valence-corrected chi connectivity index (χ0v) is 15.8. The molecule has 2 nitrogen and oxygen atoms in total. The van der Waals surface area contributed by atoms with Gasteiger partial charge in [-0.05, 0) is 20.0 Å². The van der Waals surface area contributed by atoms with E-state index in [0.717, 1.165) is 0 Å². The summed E-state index contributed by atoms with van der Waals surface area (Å²) in [5.74, 6) is 0. The van der Waals surface area contributed by atoms with Crippen molar-refractivity contribution in [2.45, 2.75) is 75.2 Å². The minimum absolute atomic E-state index is 1.25. The van der Waals surface area contributed by atoms with Gasteiger partial charge in [-0.2, -0.15) is 0 Å². The van der Waals surface area contributed by atoms with Crippen LogP contribution in [0.5, 0.6) is 0 Å². The van der Waals surface area contributed by atoms with Crippen molar-refractivity contribution < 1.29 is 0 Å². The maximum absolute atomic E-state index is 2.57. The van der Waals surface area contributed by atoms with Gasteiger partial charge in [-0.15, -0.1) is 0 Å². The van der Waals surface area contributed by atoms with Crippen LogP contribution in [-0.2, 0) is 0 Å². The van der Waals surface area contributed by atoms with Gasteiger partial charge >= 0.3 is 0 Å². The lowest BCUT2D eigenvalue weighted by Crippen LogP contribution is -2.44. The predicted octanol–water partition coefficient (Wildman–Crippen LogP) is 5.14. The van der Waals surface area contributed by atoms with Crippen LogP contribution in [0.2, 0.25) is 0 Å². The molecule has 0 unspecified atom stereocenters. The van der Waals surface area contributed by atoms with Crippen molar-refractivity contribution in [2.75, 3.05) is 39.8 Å². The molecular formula is C17H44N2. The first-order valence-corrected chi connectivity index (χ1v) is 8.74. The van der Waals surface area contributed by atoms with Gasteiger partial charge in [0.15, 0.2) is 0 Å². The molecule has 122 valence electrons. The van der Waals surface area contributed by atoms with Gasteiger partial charge in [0.2, 0.25) is 0 Å². The zero-order chi connectivity index (χ0) is 16.1. The van der Waals surface area contributed by atoms with E-state index in [0.29, 0.717) is 0 Å². The van der Waals surface area contributed by atoms with Crippen LogP contribution in [0, 0.1) is 0 Å². The quantitative estimate of drug-likeness (QED) is 0.704. The standard InChI is InChI=1S/C9H20N2.4C2H6/c1-3-4-5-11-8-6-10(2)7-9-11;4*1-2/h3-9H2,1-2H3;4*1-2H3. The molecule has 0 aromatic heterocycles. The van der Waals surface area contributed by atoms with Crippen LogP contribution in [0.1, 0.15) is 75.2 Å². The van der Waals surface area contributed by atoms with Gasteiger partial charge in [-0.3, -0.25) is 0 Å². The lowest BCUT2D eigenvalue weighted by molar-refractivity contribution is 0.152. The Balaban J connectivity index is -0.000000121. The van der Waals surface area contributed by atoms with E-state index >= 15 is 0 Å². The number of piperazine rings is 1. The molecule has 1 rings (SSSR count). The van der Waals surface area contributed by atoms with E-state index in [1.807, 2.05) is 55.4 Å². The molecule has 0 spiro atoms. The number of hydrogen-bond acceptors (Lipinski definition) is 2. The van der Waals surface area contributed by atoms with Gasteiger partial charge in [-0.1, -0.05) is 68.7 Å². The van der Waals surface area contributed by atoms with Gasteiger partial charge in [0.05, 0.1) is 0 Å². The molecule has 2 heteroatoms. The van der Waals surface area contributed by atoms with E-state index in [-0.39, 0.29) is 0 Å². The minimum atomic E-state index is 1.25. The third-order valence-electron chi connectivity index (χ3n) is 2.42. The molecular weight excluding hydrogens is 232 g/mol. The smallest absolute Gasteiger partial charge is 0.0110 e. The number of hydrogen-bond donors (Lipinski definition) is 0. The third-order valence-corrected chi connectivity index (χ3v) is 2.42. The van der Waals surface area contributed by atoms with Crippen molar-refractivity contribution in [2.24, 2.45) is 0 Å². The van der Waals surface area contributed by atoms with Crippen molar-refractivity contribution in [3.05, 3.63) is 0 Å². The second-order valence-electron chi connectivity index (χ2n) is 3.50. The summed E-state index contributed by atoms with van der Waals surface area (Å²) in [6.07, 6.45) is 2.69. The molecule has 19 heavy (non-hydrogen) atoms. The first-order chi connectivity index (χ1) is 9.33. The van der Waals surface area contributed by atoms with E-state index in [2.05, 4.69) is 23.8 Å². The van der Waals surface area contributed by atoms with E-state index in [4.69, 9.17) is 0 Å². The maximum atomic E-state index is 2.57. The molecule has 0 amide bonds. The molecule has 1 saturated heterocycles. The van der Waals surface area contributed by atoms with Crippen LogP contribution in [0.4, 0.5) is 0 Å². The summed E-state index contributed by atoms with van der Waals surface area (Å²) in [5, 5.41) is 0. The SMILES string of the molecule is CC.CC.CC.CC.CCCCN1CCN(C)CC1. The topological polar surface area (TPSA) is 6.48 Å². The molecule has 1 fully saturated rings. The molecule has 0 bridgehead atoms.